The summed E-state index contributed by atoms with van der Waals surface area (Å²) < 4.78 is 121. The van der Waals surface area contributed by atoms with Crippen LogP contribution >= 0.6 is 0 Å². The van der Waals surface area contributed by atoms with Gasteiger partial charge < -0.3 is 32.9 Å². The number of imide groups is 1. The van der Waals surface area contributed by atoms with E-state index in [1.807, 2.05) is 73.4 Å². The monoisotopic (exact) mass is 1020 g/mol. The second-order valence-corrected chi connectivity index (χ2v) is 22.6. The number of hydroxylamine groups is 2. The van der Waals surface area contributed by atoms with Gasteiger partial charge in [-0.25, -0.2) is 30.0 Å². The molecule has 3 aromatic carbocycles. The fourth-order valence-electron chi connectivity index (χ4n) is 9.45. The van der Waals surface area contributed by atoms with Crippen LogP contribution in [-0.2, 0) is 59.7 Å². The van der Waals surface area contributed by atoms with Crippen LogP contribution in [0.3, 0.4) is 0 Å². The molecule has 1 atom stereocenters. The van der Waals surface area contributed by atoms with Gasteiger partial charge in [0.25, 0.3) is 11.8 Å². The minimum Gasteiger partial charge on any atom is -0.748 e. The van der Waals surface area contributed by atoms with Gasteiger partial charge in [-0.05, 0) is 81.9 Å². The molecule has 0 aromatic heterocycles. The molecule has 0 bridgehead atoms. The van der Waals surface area contributed by atoms with Crippen LogP contribution in [0.1, 0.15) is 94.4 Å². The third-order valence-electron chi connectivity index (χ3n) is 12.7. The van der Waals surface area contributed by atoms with Crippen molar-refractivity contribution >= 4 is 82.1 Å². The van der Waals surface area contributed by atoms with Crippen LogP contribution in [0, 0.1) is 0 Å². The summed E-state index contributed by atoms with van der Waals surface area (Å²) >= 11 is 0. The predicted octanol–water partition coefficient (Wildman–Crippen LogP) is 5.69. The fourth-order valence-corrected chi connectivity index (χ4v) is 10.9. The summed E-state index contributed by atoms with van der Waals surface area (Å²) in [6.45, 7) is 6.42. The fraction of sp³-hybridized carbons (Fsp3) is 0.388. The zero-order chi connectivity index (χ0) is 50.8. The number of rotatable bonds is 20. The molecule has 4 heterocycles. The largest absolute Gasteiger partial charge is 0.748 e. The van der Waals surface area contributed by atoms with Gasteiger partial charge >= 0.3 is 5.97 Å². The Bertz CT molecular complexity index is 3090. The molecule has 4 aliphatic rings. The molecule has 374 valence electrons. The van der Waals surface area contributed by atoms with Crippen LogP contribution in [0.25, 0.3) is 16.9 Å². The summed E-state index contributed by atoms with van der Waals surface area (Å²) in [7, 11) is -12.5. The highest BCUT2D eigenvalue weighted by Gasteiger charge is 2.48. The van der Waals surface area contributed by atoms with E-state index in [4.69, 9.17) is 14.3 Å². The van der Waals surface area contributed by atoms with Gasteiger partial charge in [-0.3, -0.25) is 9.59 Å². The Hall–Kier alpha value is -5.81. The Morgan fingerprint density at radius 3 is 2.21 bits per heavy atom. The normalized spacial score (nSPS) is 19.6. The SMILES string of the molecule is COCCC1=CC(C)(C)N(CCCS(=O)(=O)[O-])c2cc3c(cc21)/C(=C/C=C/C1=[N+](CCCS(=O)(=O)[O-])c2ccc(S(=O)(=O)[O-])cc2C1(C)CCCC(=O)ON1C(=O)CCC1=O)C=C(c1ccccc1)O3. The number of nitrogens with zero attached hydrogens (tertiary/aromatic N) is 3. The van der Waals surface area contributed by atoms with Crippen LogP contribution in [-0.4, -0.2) is 116 Å². The number of benzene rings is 3. The van der Waals surface area contributed by atoms with Crippen LogP contribution in [0.15, 0.2) is 95.9 Å². The smallest absolute Gasteiger partial charge is 0.333 e. The maximum Gasteiger partial charge on any atom is 0.333 e. The van der Waals surface area contributed by atoms with E-state index in [0.29, 0.717) is 57.7 Å². The number of carbonyl (C=O) groups excluding carboxylic acids is 3. The number of methoxy groups -OCH3 is 1. The number of amides is 2. The maximum atomic E-state index is 13.0. The van der Waals surface area contributed by atoms with E-state index in [1.165, 1.54) is 12.1 Å². The van der Waals surface area contributed by atoms with Crippen molar-refractivity contribution in [1.29, 1.82) is 0 Å². The summed E-state index contributed by atoms with van der Waals surface area (Å²) in [6, 6.07) is 17.1. The maximum absolute atomic E-state index is 13.0. The van der Waals surface area contributed by atoms with Gasteiger partial charge in [0.05, 0.1) is 42.7 Å². The Kier molecular flexibility index (Phi) is 15.2. The van der Waals surface area contributed by atoms with Gasteiger partial charge in [0.1, 0.15) is 28.2 Å². The summed E-state index contributed by atoms with van der Waals surface area (Å²) in [5.41, 5.74) is 4.25. The first-order chi connectivity index (χ1) is 32.9. The molecule has 0 N–H and O–H groups in total. The highest BCUT2D eigenvalue weighted by Crippen LogP contribution is 2.48. The Balaban J connectivity index is 1.34. The molecule has 70 heavy (non-hydrogen) atoms. The minimum absolute atomic E-state index is 0.0178. The summed E-state index contributed by atoms with van der Waals surface area (Å²) in [5.74, 6) is -2.41. The Labute approximate surface area is 407 Å². The van der Waals surface area contributed by atoms with E-state index < -0.39 is 75.5 Å². The molecule has 2 amide bonds. The van der Waals surface area contributed by atoms with Crippen molar-refractivity contribution in [3.05, 3.63) is 113 Å². The van der Waals surface area contributed by atoms with Gasteiger partial charge in [-0.2, -0.15) is 4.58 Å². The average Bonchev–Trinajstić information content (AvgIpc) is 3.71. The second-order valence-electron chi connectivity index (χ2n) is 18.2. The number of anilines is 1. The van der Waals surface area contributed by atoms with Gasteiger partial charge in [-0.1, -0.05) is 48.6 Å². The van der Waals surface area contributed by atoms with Crippen molar-refractivity contribution in [2.45, 2.75) is 88.0 Å². The molecule has 0 saturated carbocycles. The predicted molar refractivity (Wildman–Crippen MR) is 255 cm³/mol. The molecular weight excluding hydrogens is 967 g/mol. The van der Waals surface area contributed by atoms with Crippen molar-refractivity contribution in [2.75, 3.05) is 43.2 Å². The first-order valence-electron chi connectivity index (χ1n) is 22.6. The molecule has 0 aliphatic carbocycles. The Morgan fingerprint density at radius 2 is 1.56 bits per heavy atom. The lowest BCUT2D eigenvalue weighted by molar-refractivity contribution is -0.437. The van der Waals surface area contributed by atoms with Gasteiger partial charge in [0.2, 0.25) is 5.69 Å². The van der Waals surface area contributed by atoms with E-state index in [9.17, 15) is 53.3 Å². The minimum atomic E-state index is -4.97. The van der Waals surface area contributed by atoms with Crippen molar-refractivity contribution in [3.8, 4) is 5.75 Å². The number of ether oxygens (including phenoxy) is 2. The van der Waals surface area contributed by atoms with Gasteiger partial charge in [0.15, 0.2) is 5.71 Å². The van der Waals surface area contributed by atoms with E-state index in [0.717, 1.165) is 28.5 Å². The second kappa shape index (κ2) is 20.5. The number of allylic oxidation sites excluding steroid dienone is 5. The van der Waals surface area contributed by atoms with E-state index in [2.05, 4.69) is 6.08 Å². The Morgan fingerprint density at radius 1 is 0.871 bits per heavy atom. The molecule has 1 unspecified atom stereocenters. The lowest BCUT2D eigenvalue weighted by atomic mass is 9.75. The van der Waals surface area contributed by atoms with Crippen LogP contribution in [0.5, 0.6) is 5.75 Å². The first kappa shape index (κ1) is 52.0. The van der Waals surface area contributed by atoms with Crippen LogP contribution < -0.4 is 9.64 Å². The average molecular weight is 1020 g/mol. The van der Waals surface area contributed by atoms with Crippen molar-refractivity contribution in [1.82, 2.24) is 5.06 Å². The highest BCUT2D eigenvalue weighted by molar-refractivity contribution is 7.86. The van der Waals surface area contributed by atoms with E-state index >= 15 is 0 Å². The molecule has 4 aliphatic heterocycles. The molecule has 3 aromatic rings. The third-order valence-corrected chi connectivity index (χ3v) is 15.2. The van der Waals surface area contributed by atoms with Crippen LogP contribution in [0.4, 0.5) is 11.4 Å². The van der Waals surface area contributed by atoms with Crippen molar-refractivity contribution in [3.63, 3.8) is 0 Å². The molecule has 0 radical (unpaired) electrons. The third kappa shape index (κ3) is 11.8. The molecular formula is C49H53N3O15S3-2. The van der Waals surface area contributed by atoms with Crippen molar-refractivity contribution < 1.29 is 72.2 Å². The number of hydrogen-bond donors (Lipinski definition) is 0. The molecule has 1 saturated heterocycles. The zero-order valence-electron chi connectivity index (χ0n) is 39.0. The zero-order valence-corrected chi connectivity index (χ0v) is 41.5. The lowest BCUT2D eigenvalue weighted by Gasteiger charge is -2.44. The van der Waals surface area contributed by atoms with E-state index in [1.54, 1.807) is 30.8 Å². The van der Waals surface area contributed by atoms with Crippen molar-refractivity contribution in [2.24, 2.45) is 0 Å². The summed E-state index contributed by atoms with van der Waals surface area (Å²) in [6.07, 6.45) is 9.58. The van der Waals surface area contributed by atoms with Crippen LogP contribution in [0.2, 0.25) is 0 Å². The van der Waals surface area contributed by atoms with Gasteiger partial charge in [0, 0.05) is 97.0 Å². The van der Waals surface area contributed by atoms with Gasteiger partial charge in [-0.15, -0.1) is 5.06 Å². The molecule has 7 rings (SSSR count). The standard InChI is InChI=1S/C49H55N3O15S3/c1-48(2)32-35(21-25-65-4)37-30-38-34(28-42(33-12-6-5-7-13-33)66-43(38)31-41(37)51(48)24-11-27-69(59,60)61)14-8-15-44-49(3,22-9-16-47(55)67-52-45(53)19-20-46(52)54)39-29-36(70(62,63)64)17-18-40(39)50(44)23-10-26-68(56,57)58/h5-8,12-15,17-18,28-32H,9-11,16,19-27H2,1-4H3,(H2-,56,57,58,59,60,61,62,63,64)/p-2. The molecule has 21 heteroatoms. The highest BCUT2D eigenvalue weighted by atomic mass is 32.2. The first-order valence-corrected chi connectivity index (χ1v) is 27.1. The molecule has 1 fully saturated rings. The molecule has 0 spiro atoms. The quantitative estimate of drug-likeness (QED) is 0.0748. The van der Waals surface area contributed by atoms with E-state index in [-0.39, 0.29) is 58.0 Å². The number of fused-ring (bicyclic) bond motifs is 3. The lowest BCUT2D eigenvalue weighted by Crippen LogP contribution is -2.46. The number of carbonyl (C=O) groups is 3. The summed E-state index contributed by atoms with van der Waals surface area (Å²) in [5, 5.41) is 0.445. The summed E-state index contributed by atoms with van der Waals surface area (Å²) in [4.78, 5) is 43.9. The molecule has 18 nitrogen and oxygen atoms in total. The topological polar surface area (TPSA) is 260 Å². The number of hydrogen-bond acceptors (Lipinski definition) is 16.